The quantitative estimate of drug-likeness (QED) is 0.503. The Hall–Kier alpha value is -3.55. The summed E-state index contributed by atoms with van der Waals surface area (Å²) in [6, 6.07) is 17.8. The van der Waals surface area contributed by atoms with E-state index >= 15 is 0 Å². The molecule has 8 heteroatoms. The average Bonchev–Trinajstić information content (AvgIpc) is 3.50. The first-order valence-electron chi connectivity index (χ1n) is 10.8. The van der Waals surface area contributed by atoms with Gasteiger partial charge in [0.25, 0.3) is 0 Å². The Balaban J connectivity index is 1.49. The first-order valence-corrected chi connectivity index (χ1v) is 10.8. The summed E-state index contributed by atoms with van der Waals surface area (Å²) >= 11 is 0. The highest BCUT2D eigenvalue weighted by atomic mass is 16.2. The van der Waals surface area contributed by atoms with Crippen LogP contribution < -0.4 is 5.32 Å². The van der Waals surface area contributed by atoms with Crippen molar-refractivity contribution in [2.45, 2.75) is 50.1 Å². The van der Waals surface area contributed by atoms with E-state index in [1.165, 1.54) is 0 Å². The zero-order valence-electron chi connectivity index (χ0n) is 17.2. The zero-order valence-corrected chi connectivity index (χ0v) is 17.2. The summed E-state index contributed by atoms with van der Waals surface area (Å²) in [6.07, 6.45) is 6.71. The smallest absolute Gasteiger partial charge is 0.248 e. The molecule has 158 valence electrons. The van der Waals surface area contributed by atoms with Crippen LogP contribution in [0.3, 0.4) is 0 Å². The standard InChI is InChI=1S/C23H25N7O/c31-22(23(13-7-2-8-14-23)30-16-24-28-29-30)27-20(15-17-9-3-1-4-10-17)21-25-18-11-5-6-12-19(18)26-21/h1,3-6,9-12,16,20H,2,7-8,13-15H2,(H,25,26)(H,27,31)/t20-/m0/s1. The van der Waals surface area contributed by atoms with Gasteiger partial charge in [-0.05, 0) is 47.4 Å². The van der Waals surface area contributed by atoms with Gasteiger partial charge in [0.2, 0.25) is 5.91 Å². The van der Waals surface area contributed by atoms with Crippen LogP contribution in [0.25, 0.3) is 11.0 Å². The van der Waals surface area contributed by atoms with Gasteiger partial charge in [0.15, 0.2) is 0 Å². The summed E-state index contributed by atoms with van der Waals surface area (Å²) in [4.78, 5) is 21.9. The number of aromatic nitrogens is 6. The Morgan fingerprint density at radius 1 is 1.06 bits per heavy atom. The average molecular weight is 416 g/mol. The first kappa shape index (κ1) is 19.4. The molecule has 0 radical (unpaired) electrons. The molecule has 2 aromatic carbocycles. The molecule has 0 aliphatic heterocycles. The van der Waals surface area contributed by atoms with Crippen LogP contribution in [0, 0.1) is 0 Å². The number of carbonyl (C=O) groups excluding carboxylic acids is 1. The fourth-order valence-electron chi connectivity index (χ4n) is 4.55. The molecule has 0 unspecified atom stereocenters. The van der Waals surface area contributed by atoms with Gasteiger partial charge in [-0.2, -0.15) is 0 Å². The molecule has 2 N–H and O–H groups in total. The molecule has 4 aromatic rings. The largest absolute Gasteiger partial charge is 0.344 e. The van der Waals surface area contributed by atoms with Crippen molar-refractivity contribution in [3.05, 3.63) is 72.3 Å². The van der Waals surface area contributed by atoms with Gasteiger partial charge in [-0.15, -0.1) is 5.10 Å². The van der Waals surface area contributed by atoms with Crippen LogP contribution in [0.15, 0.2) is 60.9 Å². The molecular formula is C23H25N7O. The van der Waals surface area contributed by atoms with E-state index in [2.05, 4.69) is 38.0 Å². The molecule has 1 saturated carbocycles. The molecule has 5 rings (SSSR count). The number of benzene rings is 2. The lowest BCUT2D eigenvalue weighted by atomic mass is 9.80. The van der Waals surface area contributed by atoms with Gasteiger partial charge < -0.3 is 10.3 Å². The second-order valence-corrected chi connectivity index (χ2v) is 8.20. The first-order chi connectivity index (χ1) is 15.2. The van der Waals surface area contributed by atoms with Crippen LogP contribution in [-0.4, -0.2) is 36.1 Å². The number of nitrogens with zero attached hydrogens (tertiary/aromatic N) is 5. The van der Waals surface area contributed by atoms with E-state index in [9.17, 15) is 4.79 Å². The van der Waals surface area contributed by atoms with E-state index in [1.807, 2.05) is 42.5 Å². The number of hydrogen-bond acceptors (Lipinski definition) is 5. The second kappa shape index (κ2) is 8.29. The van der Waals surface area contributed by atoms with Gasteiger partial charge in [-0.25, -0.2) is 9.67 Å². The molecule has 0 saturated heterocycles. The van der Waals surface area contributed by atoms with Gasteiger partial charge in [-0.1, -0.05) is 61.7 Å². The van der Waals surface area contributed by atoms with Crippen molar-refractivity contribution in [1.82, 2.24) is 35.5 Å². The Bertz CT molecular complexity index is 1110. The van der Waals surface area contributed by atoms with Crippen molar-refractivity contribution in [1.29, 1.82) is 0 Å². The van der Waals surface area contributed by atoms with E-state index in [-0.39, 0.29) is 11.9 Å². The molecule has 8 nitrogen and oxygen atoms in total. The van der Waals surface area contributed by atoms with E-state index in [1.54, 1.807) is 11.0 Å². The molecule has 1 fully saturated rings. The predicted octanol–water partition coefficient (Wildman–Crippen LogP) is 3.31. The Morgan fingerprint density at radius 3 is 2.58 bits per heavy atom. The van der Waals surface area contributed by atoms with Gasteiger partial charge in [0, 0.05) is 0 Å². The van der Waals surface area contributed by atoms with Gasteiger partial charge in [0.1, 0.15) is 17.7 Å². The summed E-state index contributed by atoms with van der Waals surface area (Å²) in [5.74, 6) is 0.696. The highest BCUT2D eigenvalue weighted by Crippen LogP contribution is 2.35. The number of carbonyl (C=O) groups is 1. The van der Waals surface area contributed by atoms with Crippen molar-refractivity contribution >= 4 is 16.9 Å². The maximum atomic E-state index is 13.7. The number of H-pyrrole nitrogens is 1. The van der Waals surface area contributed by atoms with Gasteiger partial charge in [-0.3, -0.25) is 4.79 Å². The Kier molecular flexibility index (Phi) is 5.19. The van der Waals surface area contributed by atoms with Crippen molar-refractivity contribution in [3.63, 3.8) is 0 Å². The van der Waals surface area contributed by atoms with Gasteiger partial charge >= 0.3 is 0 Å². The molecule has 2 aromatic heterocycles. The minimum Gasteiger partial charge on any atom is -0.344 e. The van der Waals surface area contributed by atoms with Crippen molar-refractivity contribution in [2.75, 3.05) is 0 Å². The number of rotatable bonds is 6. The number of fused-ring (bicyclic) bond motifs is 1. The summed E-state index contributed by atoms with van der Waals surface area (Å²) in [5.41, 5.74) is 2.21. The van der Waals surface area contributed by atoms with Crippen molar-refractivity contribution in [3.8, 4) is 0 Å². The van der Waals surface area contributed by atoms with Crippen molar-refractivity contribution in [2.24, 2.45) is 0 Å². The zero-order chi connectivity index (χ0) is 21.1. The molecule has 1 aliphatic rings. The van der Waals surface area contributed by atoms with Crippen LogP contribution in [0.5, 0.6) is 0 Å². The molecular weight excluding hydrogens is 390 g/mol. The number of aromatic amines is 1. The normalized spacial score (nSPS) is 16.8. The van der Waals surface area contributed by atoms with Crippen LogP contribution in [0.4, 0.5) is 0 Å². The summed E-state index contributed by atoms with van der Waals surface area (Å²) in [7, 11) is 0. The lowest BCUT2D eigenvalue weighted by Crippen LogP contribution is -2.51. The van der Waals surface area contributed by atoms with Crippen LogP contribution >= 0.6 is 0 Å². The number of nitrogens with one attached hydrogen (secondary N) is 2. The summed E-state index contributed by atoms with van der Waals surface area (Å²) in [5, 5.41) is 15.0. The lowest BCUT2D eigenvalue weighted by molar-refractivity contribution is -0.133. The Labute approximate surface area is 180 Å². The number of para-hydroxylation sites is 2. The second-order valence-electron chi connectivity index (χ2n) is 8.20. The molecule has 1 aliphatic carbocycles. The number of amides is 1. The molecule has 1 atom stereocenters. The monoisotopic (exact) mass is 415 g/mol. The van der Waals surface area contributed by atoms with Crippen LogP contribution in [-0.2, 0) is 16.8 Å². The molecule has 2 heterocycles. The lowest BCUT2D eigenvalue weighted by Gasteiger charge is -2.36. The molecule has 31 heavy (non-hydrogen) atoms. The van der Waals surface area contributed by atoms with Crippen LogP contribution in [0.1, 0.15) is 49.5 Å². The molecule has 0 spiro atoms. The third-order valence-electron chi connectivity index (χ3n) is 6.22. The van der Waals surface area contributed by atoms with E-state index in [4.69, 9.17) is 4.98 Å². The summed E-state index contributed by atoms with van der Waals surface area (Å²) in [6.45, 7) is 0. The van der Waals surface area contributed by atoms with E-state index < -0.39 is 5.54 Å². The predicted molar refractivity (Wildman–Crippen MR) is 116 cm³/mol. The highest BCUT2D eigenvalue weighted by molar-refractivity contribution is 5.85. The van der Waals surface area contributed by atoms with Crippen molar-refractivity contribution < 1.29 is 4.79 Å². The fourth-order valence-corrected chi connectivity index (χ4v) is 4.55. The summed E-state index contributed by atoms with van der Waals surface area (Å²) < 4.78 is 1.64. The third-order valence-corrected chi connectivity index (χ3v) is 6.22. The SMILES string of the molecule is O=C(N[C@@H](Cc1ccccc1)c1nc2ccccc2[nH]1)C1(n2cnnn2)CCCCC1. The molecule has 1 amide bonds. The number of imidazole rings is 1. The van der Waals surface area contributed by atoms with E-state index in [0.717, 1.165) is 54.5 Å². The Morgan fingerprint density at radius 2 is 1.84 bits per heavy atom. The number of hydrogen-bond donors (Lipinski definition) is 2. The maximum absolute atomic E-state index is 13.7. The fraction of sp³-hybridized carbons (Fsp3) is 0.348. The molecule has 0 bridgehead atoms. The maximum Gasteiger partial charge on any atom is 0.248 e. The third kappa shape index (κ3) is 3.81. The minimum absolute atomic E-state index is 0.0547. The highest BCUT2D eigenvalue weighted by Gasteiger charge is 2.43. The topological polar surface area (TPSA) is 101 Å². The van der Waals surface area contributed by atoms with Crippen LogP contribution in [0.2, 0.25) is 0 Å². The van der Waals surface area contributed by atoms with E-state index in [0.29, 0.717) is 6.42 Å². The van der Waals surface area contributed by atoms with Gasteiger partial charge in [0.05, 0.1) is 17.1 Å². The minimum atomic E-state index is -0.761. The number of tetrazole rings is 1.